The maximum Gasteiger partial charge on any atom is 0.0700 e. The molecule has 0 atom stereocenters. The highest BCUT2D eigenvalue weighted by molar-refractivity contribution is 7.98. The first kappa shape index (κ1) is 7.12. The van der Waals surface area contributed by atoms with Gasteiger partial charge in [0.15, 0.2) is 0 Å². The van der Waals surface area contributed by atoms with E-state index in [1.54, 1.807) is 23.1 Å². The van der Waals surface area contributed by atoms with Gasteiger partial charge in [0.2, 0.25) is 0 Å². The van der Waals surface area contributed by atoms with Crippen molar-refractivity contribution in [2.75, 3.05) is 6.26 Å². The van der Waals surface area contributed by atoms with Crippen molar-refractivity contribution in [3.8, 4) is 0 Å². The summed E-state index contributed by atoms with van der Waals surface area (Å²) in [7, 11) is 0. The van der Waals surface area contributed by atoms with Gasteiger partial charge in [-0.05, 0) is 11.6 Å². The molecule has 1 N–H and O–H groups in total. The minimum atomic E-state index is 0.166. The summed E-state index contributed by atoms with van der Waals surface area (Å²) in [5.41, 5.74) is 1.05. The van der Waals surface area contributed by atoms with Crippen LogP contribution in [0, 0.1) is 0 Å². The van der Waals surface area contributed by atoms with Crippen LogP contribution in [-0.4, -0.2) is 11.4 Å². The highest BCUT2D eigenvalue weighted by Gasteiger charge is 1.98. The van der Waals surface area contributed by atoms with Gasteiger partial charge >= 0.3 is 0 Å². The van der Waals surface area contributed by atoms with Gasteiger partial charge in [-0.1, -0.05) is 0 Å². The van der Waals surface area contributed by atoms with Crippen molar-refractivity contribution >= 4 is 23.1 Å². The molecule has 0 aliphatic carbocycles. The van der Waals surface area contributed by atoms with Gasteiger partial charge in [-0.3, -0.25) is 0 Å². The Morgan fingerprint density at radius 1 is 1.67 bits per heavy atom. The van der Waals surface area contributed by atoms with Crippen LogP contribution in [0.25, 0.3) is 0 Å². The van der Waals surface area contributed by atoms with Crippen LogP contribution in [0.3, 0.4) is 0 Å². The van der Waals surface area contributed by atoms with Crippen LogP contribution < -0.4 is 0 Å². The number of thiophene rings is 1. The van der Waals surface area contributed by atoms with Crippen molar-refractivity contribution in [2.24, 2.45) is 0 Å². The fourth-order valence-corrected chi connectivity index (χ4v) is 2.33. The average molecular weight is 160 g/mol. The Labute approximate surface area is 62.7 Å². The van der Waals surface area contributed by atoms with E-state index < -0.39 is 0 Å². The maximum absolute atomic E-state index is 8.73. The summed E-state index contributed by atoms with van der Waals surface area (Å²) in [6.07, 6.45) is 2.02. The molecule has 0 bridgehead atoms. The fourth-order valence-electron chi connectivity index (χ4n) is 0.606. The van der Waals surface area contributed by atoms with Crippen molar-refractivity contribution in [1.82, 2.24) is 0 Å². The van der Waals surface area contributed by atoms with Crippen LogP contribution in [0.15, 0.2) is 15.7 Å². The van der Waals surface area contributed by atoms with Crippen LogP contribution >= 0.6 is 23.1 Å². The molecule has 1 heterocycles. The lowest BCUT2D eigenvalue weighted by Gasteiger charge is -1.92. The van der Waals surface area contributed by atoms with Crippen molar-refractivity contribution in [3.05, 3.63) is 16.3 Å². The molecule has 0 aliphatic heterocycles. The molecule has 9 heavy (non-hydrogen) atoms. The van der Waals surface area contributed by atoms with Gasteiger partial charge in [0.25, 0.3) is 0 Å². The van der Waals surface area contributed by atoms with E-state index in [4.69, 9.17) is 5.11 Å². The standard InChI is InChI=1S/C6H8OS2/c1-8-6-4-9-3-5(6)2-7/h3-4,7H,2H2,1H3. The SMILES string of the molecule is CSc1cscc1CO. The van der Waals surface area contributed by atoms with Gasteiger partial charge < -0.3 is 5.11 Å². The number of hydrogen-bond donors (Lipinski definition) is 1. The molecule has 0 radical (unpaired) electrons. The molecule has 0 aliphatic rings. The molecular formula is C6H8OS2. The first-order valence-electron chi connectivity index (χ1n) is 2.58. The topological polar surface area (TPSA) is 20.2 Å². The fraction of sp³-hybridized carbons (Fsp3) is 0.333. The minimum Gasteiger partial charge on any atom is -0.392 e. The van der Waals surface area contributed by atoms with Gasteiger partial charge in [-0.25, -0.2) is 0 Å². The third kappa shape index (κ3) is 1.47. The largest absolute Gasteiger partial charge is 0.392 e. The summed E-state index contributed by atoms with van der Waals surface area (Å²) >= 11 is 3.31. The molecule has 0 spiro atoms. The van der Waals surface area contributed by atoms with Crippen molar-refractivity contribution < 1.29 is 5.11 Å². The summed E-state index contributed by atoms with van der Waals surface area (Å²) in [4.78, 5) is 1.20. The molecule has 1 nitrogen and oxygen atoms in total. The van der Waals surface area contributed by atoms with E-state index >= 15 is 0 Å². The van der Waals surface area contributed by atoms with Gasteiger partial charge in [0.05, 0.1) is 6.61 Å². The maximum atomic E-state index is 8.73. The molecule has 0 unspecified atom stereocenters. The smallest absolute Gasteiger partial charge is 0.0700 e. The van der Waals surface area contributed by atoms with Crippen LogP contribution in [-0.2, 0) is 6.61 Å². The summed E-state index contributed by atoms with van der Waals surface area (Å²) in [5.74, 6) is 0. The highest BCUT2D eigenvalue weighted by Crippen LogP contribution is 2.23. The normalized spacial score (nSPS) is 10.0. The van der Waals surface area contributed by atoms with Crippen molar-refractivity contribution in [1.29, 1.82) is 0 Å². The Morgan fingerprint density at radius 2 is 2.44 bits per heavy atom. The first-order valence-corrected chi connectivity index (χ1v) is 4.75. The number of aliphatic hydroxyl groups is 1. The number of thioether (sulfide) groups is 1. The van der Waals surface area contributed by atoms with E-state index in [0.717, 1.165) is 5.56 Å². The lowest BCUT2D eigenvalue weighted by molar-refractivity contribution is 0.279. The second kappa shape index (κ2) is 3.25. The highest BCUT2D eigenvalue weighted by atomic mass is 32.2. The Bertz CT molecular complexity index is 164. The molecule has 1 aromatic heterocycles. The summed E-state index contributed by atoms with van der Waals surface area (Å²) < 4.78 is 0. The summed E-state index contributed by atoms with van der Waals surface area (Å²) in [6, 6.07) is 0. The number of rotatable bonds is 2. The second-order valence-corrected chi connectivity index (χ2v) is 3.22. The molecule has 0 amide bonds. The quantitative estimate of drug-likeness (QED) is 0.667. The van der Waals surface area contributed by atoms with Crippen LogP contribution in [0.5, 0.6) is 0 Å². The third-order valence-electron chi connectivity index (χ3n) is 1.09. The minimum absolute atomic E-state index is 0.166. The van der Waals surface area contributed by atoms with Crippen molar-refractivity contribution in [2.45, 2.75) is 11.5 Å². The van der Waals surface area contributed by atoms with E-state index in [0.29, 0.717) is 0 Å². The molecule has 50 valence electrons. The van der Waals surface area contributed by atoms with E-state index in [1.165, 1.54) is 4.90 Å². The molecule has 1 rings (SSSR count). The average Bonchev–Trinajstić information content (AvgIpc) is 2.33. The number of hydrogen-bond acceptors (Lipinski definition) is 3. The Kier molecular flexibility index (Phi) is 2.57. The predicted octanol–water partition coefficient (Wildman–Crippen LogP) is 1.96. The zero-order valence-corrected chi connectivity index (χ0v) is 6.76. The Balaban J connectivity index is 2.85. The van der Waals surface area contributed by atoms with Crippen molar-refractivity contribution in [3.63, 3.8) is 0 Å². The van der Waals surface area contributed by atoms with E-state index in [9.17, 15) is 0 Å². The molecule has 0 fully saturated rings. The molecule has 0 saturated heterocycles. The molecule has 1 aromatic rings. The number of aliphatic hydroxyl groups excluding tert-OH is 1. The monoisotopic (exact) mass is 160 g/mol. The Morgan fingerprint density at radius 3 is 2.89 bits per heavy atom. The zero-order valence-electron chi connectivity index (χ0n) is 5.13. The second-order valence-electron chi connectivity index (χ2n) is 1.62. The van der Waals surface area contributed by atoms with Gasteiger partial charge in [-0.15, -0.1) is 11.8 Å². The third-order valence-corrected chi connectivity index (χ3v) is 2.85. The van der Waals surface area contributed by atoms with Crippen LogP contribution in [0.2, 0.25) is 0 Å². The zero-order chi connectivity index (χ0) is 6.69. The van der Waals surface area contributed by atoms with E-state index in [-0.39, 0.29) is 6.61 Å². The van der Waals surface area contributed by atoms with E-state index in [2.05, 4.69) is 5.38 Å². The Hall–Kier alpha value is 0.01000. The van der Waals surface area contributed by atoms with E-state index in [1.807, 2.05) is 11.6 Å². The van der Waals surface area contributed by atoms with Crippen LogP contribution in [0.1, 0.15) is 5.56 Å². The molecule has 3 heteroatoms. The summed E-state index contributed by atoms with van der Waals surface area (Å²) in [5, 5.41) is 12.8. The lowest BCUT2D eigenvalue weighted by Crippen LogP contribution is -1.78. The van der Waals surface area contributed by atoms with Gasteiger partial charge in [0, 0.05) is 15.8 Å². The van der Waals surface area contributed by atoms with Gasteiger partial charge in [-0.2, -0.15) is 11.3 Å². The van der Waals surface area contributed by atoms with Crippen LogP contribution in [0.4, 0.5) is 0 Å². The molecular weight excluding hydrogens is 152 g/mol. The lowest BCUT2D eigenvalue weighted by atomic mass is 10.4. The molecule has 0 aromatic carbocycles. The molecule has 0 saturated carbocycles. The van der Waals surface area contributed by atoms with Gasteiger partial charge in [0.1, 0.15) is 0 Å². The first-order chi connectivity index (χ1) is 4.38. The summed E-state index contributed by atoms with van der Waals surface area (Å²) in [6.45, 7) is 0.166. The predicted molar refractivity (Wildman–Crippen MR) is 42.0 cm³/mol.